The van der Waals surface area contributed by atoms with Crippen molar-refractivity contribution in [2.45, 2.75) is 19.4 Å². The number of aliphatic hydroxyl groups is 1. The summed E-state index contributed by atoms with van der Waals surface area (Å²) in [5.41, 5.74) is -1.13. The number of hydrogen-bond acceptors (Lipinski definition) is 3. The quantitative estimate of drug-likeness (QED) is 0.433. The normalized spacial score (nSPS) is 9.78. The maximum absolute atomic E-state index is 8.94. The molecule has 0 radical (unpaired) electrons. The summed E-state index contributed by atoms with van der Waals surface area (Å²) in [5.74, 6) is -0.113. The van der Waals surface area contributed by atoms with Crippen LogP contribution < -0.4 is 0 Å². The highest BCUT2D eigenvalue weighted by Gasteiger charge is 2.19. The Labute approximate surface area is 60.9 Å². The summed E-state index contributed by atoms with van der Waals surface area (Å²) in [6, 6.07) is 0. The smallest absolute Gasteiger partial charge is 0.212 e. The van der Waals surface area contributed by atoms with E-state index in [-0.39, 0.29) is 18.3 Å². The third kappa shape index (κ3) is 4.24. The highest BCUT2D eigenvalue weighted by molar-refractivity contribution is 5.85. The van der Waals surface area contributed by atoms with Gasteiger partial charge in [-0.1, -0.05) is 0 Å². The molecule has 0 aliphatic rings. The molecule has 0 unspecified atom stereocenters. The van der Waals surface area contributed by atoms with Gasteiger partial charge in [0.2, 0.25) is 5.90 Å². The zero-order valence-corrected chi connectivity index (χ0v) is 6.58. The van der Waals surface area contributed by atoms with E-state index in [4.69, 9.17) is 10.5 Å². The lowest BCUT2D eigenvalue weighted by atomic mass is 10.1. The topological polar surface area (TPSA) is 53.3 Å². The lowest BCUT2D eigenvalue weighted by Crippen LogP contribution is -2.31. The van der Waals surface area contributed by atoms with Gasteiger partial charge in [0, 0.05) is 0 Å². The molecular formula is C5H12ClNO2. The lowest BCUT2D eigenvalue weighted by molar-refractivity contribution is 0.122. The van der Waals surface area contributed by atoms with Gasteiger partial charge >= 0.3 is 0 Å². The number of nitrogens with one attached hydrogen (secondary N) is 1. The minimum Gasteiger partial charge on any atom is -0.482 e. The maximum atomic E-state index is 8.94. The van der Waals surface area contributed by atoms with Crippen LogP contribution in [0, 0.1) is 5.41 Å². The third-order valence-electron chi connectivity index (χ3n) is 0.760. The van der Waals surface area contributed by atoms with Crippen molar-refractivity contribution in [3.05, 3.63) is 0 Å². The van der Waals surface area contributed by atoms with E-state index < -0.39 is 5.60 Å². The van der Waals surface area contributed by atoms with Gasteiger partial charge in [-0.05, 0) is 13.8 Å². The van der Waals surface area contributed by atoms with Crippen LogP contribution in [-0.2, 0) is 4.74 Å². The van der Waals surface area contributed by atoms with E-state index >= 15 is 0 Å². The molecule has 3 nitrogen and oxygen atoms in total. The number of ether oxygens (including phenoxy) is 1. The van der Waals surface area contributed by atoms with Gasteiger partial charge in [0.25, 0.3) is 0 Å². The molecule has 0 amide bonds. The van der Waals surface area contributed by atoms with Crippen molar-refractivity contribution in [2.75, 3.05) is 7.11 Å². The summed E-state index contributed by atoms with van der Waals surface area (Å²) in [6.07, 6.45) is 0. The van der Waals surface area contributed by atoms with Crippen molar-refractivity contribution < 1.29 is 9.84 Å². The molecule has 0 fully saturated rings. The summed E-state index contributed by atoms with van der Waals surface area (Å²) in [5, 5.41) is 15.9. The van der Waals surface area contributed by atoms with Gasteiger partial charge in [-0.3, -0.25) is 5.41 Å². The lowest BCUT2D eigenvalue weighted by Gasteiger charge is -2.15. The van der Waals surface area contributed by atoms with Gasteiger partial charge in [-0.2, -0.15) is 0 Å². The van der Waals surface area contributed by atoms with Crippen LogP contribution in [0.5, 0.6) is 0 Å². The SMILES string of the molecule is COC(=N)C(C)(C)O.Cl. The Morgan fingerprint density at radius 3 is 1.89 bits per heavy atom. The van der Waals surface area contributed by atoms with E-state index in [0.717, 1.165) is 0 Å². The highest BCUT2D eigenvalue weighted by atomic mass is 35.5. The second-order valence-electron chi connectivity index (χ2n) is 2.09. The molecule has 2 N–H and O–H groups in total. The molecule has 0 aliphatic heterocycles. The van der Waals surface area contributed by atoms with Crippen molar-refractivity contribution >= 4 is 18.3 Å². The van der Waals surface area contributed by atoms with Crippen LogP contribution in [0.3, 0.4) is 0 Å². The number of rotatable bonds is 1. The van der Waals surface area contributed by atoms with Crippen LogP contribution in [0.1, 0.15) is 13.8 Å². The van der Waals surface area contributed by atoms with E-state index in [1.54, 1.807) is 0 Å². The Balaban J connectivity index is 0. The first-order chi connectivity index (χ1) is 3.48. The Kier molecular flexibility index (Phi) is 4.72. The molecule has 4 heteroatoms. The van der Waals surface area contributed by atoms with Crippen molar-refractivity contribution in [2.24, 2.45) is 0 Å². The molecule has 9 heavy (non-hydrogen) atoms. The van der Waals surface area contributed by atoms with Crippen LogP contribution in [0.2, 0.25) is 0 Å². The zero-order chi connectivity index (χ0) is 6.78. The monoisotopic (exact) mass is 153 g/mol. The highest BCUT2D eigenvalue weighted by Crippen LogP contribution is 2.01. The molecule has 56 valence electrons. The second-order valence-corrected chi connectivity index (χ2v) is 2.09. The van der Waals surface area contributed by atoms with E-state index in [0.29, 0.717) is 0 Å². The van der Waals surface area contributed by atoms with Gasteiger partial charge in [-0.25, -0.2) is 0 Å². The molecule has 0 saturated heterocycles. The number of halogens is 1. The molecule has 0 atom stereocenters. The first kappa shape index (κ1) is 11.5. The van der Waals surface area contributed by atoms with Crippen LogP contribution in [0.15, 0.2) is 0 Å². The van der Waals surface area contributed by atoms with Crippen molar-refractivity contribution in [1.82, 2.24) is 0 Å². The van der Waals surface area contributed by atoms with Crippen molar-refractivity contribution in [1.29, 1.82) is 5.41 Å². The molecule has 0 bridgehead atoms. The molecular weight excluding hydrogens is 142 g/mol. The van der Waals surface area contributed by atoms with Gasteiger partial charge in [0.15, 0.2) is 0 Å². The molecule has 0 aromatic heterocycles. The van der Waals surface area contributed by atoms with E-state index in [9.17, 15) is 0 Å². The molecule has 0 aliphatic carbocycles. The number of methoxy groups -OCH3 is 1. The average molecular weight is 154 g/mol. The van der Waals surface area contributed by atoms with Crippen LogP contribution >= 0.6 is 12.4 Å². The Morgan fingerprint density at radius 1 is 1.56 bits per heavy atom. The first-order valence-corrected chi connectivity index (χ1v) is 2.34. The summed E-state index contributed by atoms with van der Waals surface area (Å²) in [6.45, 7) is 3.00. The molecule has 0 heterocycles. The van der Waals surface area contributed by atoms with Gasteiger partial charge in [0.1, 0.15) is 5.60 Å². The Morgan fingerprint density at radius 2 is 1.89 bits per heavy atom. The minimum atomic E-state index is -1.13. The second kappa shape index (κ2) is 3.69. The fourth-order valence-corrected chi connectivity index (χ4v) is 0.250. The Hall–Kier alpha value is -0.280. The van der Waals surface area contributed by atoms with Crippen LogP contribution in [0.4, 0.5) is 0 Å². The standard InChI is InChI=1S/C5H11NO2.ClH/c1-5(2,7)4(6)8-3;/h6-7H,1-3H3;1H. The summed E-state index contributed by atoms with van der Waals surface area (Å²) in [7, 11) is 1.36. The maximum Gasteiger partial charge on any atom is 0.212 e. The van der Waals surface area contributed by atoms with Crippen LogP contribution in [0.25, 0.3) is 0 Å². The largest absolute Gasteiger partial charge is 0.482 e. The molecule has 0 aromatic rings. The molecule has 0 saturated carbocycles. The summed E-state index contributed by atoms with van der Waals surface area (Å²) >= 11 is 0. The predicted molar refractivity (Wildman–Crippen MR) is 38.3 cm³/mol. The van der Waals surface area contributed by atoms with Gasteiger partial charge in [0.05, 0.1) is 7.11 Å². The zero-order valence-electron chi connectivity index (χ0n) is 5.76. The third-order valence-corrected chi connectivity index (χ3v) is 0.760. The van der Waals surface area contributed by atoms with Crippen LogP contribution in [-0.4, -0.2) is 23.7 Å². The van der Waals surface area contributed by atoms with E-state index in [1.165, 1.54) is 21.0 Å². The summed E-state index contributed by atoms with van der Waals surface area (Å²) in [4.78, 5) is 0. The fraction of sp³-hybridized carbons (Fsp3) is 0.800. The van der Waals surface area contributed by atoms with Crippen molar-refractivity contribution in [3.63, 3.8) is 0 Å². The molecule has 0 rings (SSSR count). The van der Waals surface area contributed by atoms with Gasteiger partial charge in [-0.15, -0.1) is 12.4 Å². The first-order valence-electron chi connectivity index (χ1n) is 2.34. The predicted octanol–water partition coefficient (Wildman–Crippen LogP) is 0.803. The van der Waals surface area contributed by atoms with E-state index in [1.807, 2.05) is 0 Å². The number of hydrogen-bond donors (Lipinski definition) is 2. The van der Waals surface area contributed by atoms with E-state index in [2.05, 4.69) is 4.74 Å². The van der Waals surface area contributed by atoms with Crippen molar-refractivity contribution in [3.8, 4) is 0 Å². The fourth-order valence-electron chi connectivity index (χ4n) is 0.250. The molecule has 0 aromatic carbocycles. The summed E-state index contributed by atoms with van der Waals surface area (Å²) < 4.78 is 4.45. The van der Waals surface area contributed by atoms with Gasteiger partial charge < -0.3 is 9.84 Å². The minimum absolute atomic E-state index is 0. The average Bonchev–Trinajstić information content (AvgIpc) is 1.62. The Bertz CT molecular complexity index is 97.6. The molecule has 0 spiro atoms.